The molecular formula is C57H73FN10O7S. The molecule has 4 atom stereocenters. The molecule has 17 nitrogen and oxygen atoms in total. The monoisotopic (exact) mass is 1060 g/mol. The highest BCUT2D eigenvalue weighted by molar-refractivity contribution is 7.13. The maximum absolute atomic E-state index is 14.1. The van der Waals surface area contributed by atoms with E-state index in [0.717, 1.165) is 97.7 Å². The summed E-state index contributed by atoms with van der Waals surface area (Å²) < 4.78 is 20.3. The lowest BCUT2D eigenvalue weighted by atomic mass is 9.85. The van der Waals surface area contributed by atoms with Crippen molar-refractivity contribution in [1.82, 2.24) is 35.6 Å². The van der Waals surface area contributed by atoms with E-state index in [1.165, 1.54) is 23.1 Å². The first-order valence-corrected chi connectivity index (χ1v) is 27.6. The van der Waals surface area contributed by atoms with Gasteiger partial charge in [-0.05, 0) is 91.6 Å². The number of hydrogen-bond donors (Lipinski definition) is 5. The molecule has 3 fully saturated rings. The maximum Gasteiger partial charge on any atom is 0.246 e. The number of nitrogens with two attached hydrogens (primary N) is 1. The third-order valence-electron chi connectivity index (χ3n) is 14.7. The van der Waals surface area contributed by atoms with Gasteiger partial charge in [-0.25, -0.2) is 9.37 Å². The van der Waals surface area contributed by atoms with Crippen LogP contribution in [0.1, 0.15) is 103 Å². The quantitative estimate of drug-likeness (QED) is 0.0474. The molecule has 3 aromatic carbocycles. The smallest absolute Gasteiger partial charge is 0.246 e. The number of ether oxygens (including phenoxy) is 1. The van der Waals surface area contributed by atoms with Crippen LogP contribution >= 0.6 is 11.3 Å². The zero-order chi connectivity index (χ0) is 53.9. The molecule has 5 heterocycles. The number of piperidine rings is 1. The van der Waals surface area contributed by atoms with Crippen LogP contribution in [0.15, 0.2) is 78.3 Å². The zero-order valence-electron chi connectivity index (χ0n) is 44.2. The molecule has 3 aliphatic heterocycles. The Morgan fingerprint density at radius 2 is 1.54 bits per heavy atom. The number of aliphatic hydroxyl groups excluding tert-OH is 1. The molecule has 19 heteroatoms. The van der Waals surface area contributed by atoms with Crippen LogP contribution in [0.5, 0.6) is 11.5 Å². The first-order valence-electron chi connectivity index (χ1n) is 26.7. The standard InChI is InChI=1S/C57H73FN10O7S/c1-37-52(76-36-61-37)39-17-15-38(16-18-39)33-60-55(73)47-31-43(69)34-68(47)56(74)53(57(2,3)4)62-50(71)13-9-7-5-6-8-10-14-51(72)66-28-26-65(27-29-66)41-20-22-42(23-21-41)67-25-11-12-44(35-67)75-49-32-46(63-64-54(49)59)45-30-40(58)19-24-48(45)70/h15-24,30,32,36,43-44,47,53,69-70H,5-14,25-29,31,33-35H2,1-4H3,(H2,59,64)(H,60,73)(H,62,71). The third-order valence-corrected chi connectivity index (χ3v) is 15.6. The van der Waals surface area contributed by atoms with E-state index in [-0.39, 0.29) is 78.5 Å². The number of rotatable bonds is 20. The number of β-amino-alcohol motifs (C(OH)–C–C–N with tert-alkyl or cyclic N) is 1. The number of anilines is 3. The van der Waals surface area contributed by atoms with Gasteiger partial charge in [0.1, 0.15) is 35.4 Å². The van der Waals surface area contributed by atoms with E-state index in [9.17, 15) is 33.8 Å². The van der Waals surface area contributed by atoms with E-state index in [4.69, 9.17) is 10.5 Å². The molecule has 0 radical (unpaired) electrons. The number of unbranched alkanes of at least 4 members (excludes halogenated alkanes) is 5. The molecule has 0 spiro atoms. The van der Waals surface area contributed by atoms with Gasteiger partial charge < -0.3 is 50.9 Å². The van der Waals surface area contributed by atoms with Gasteiger partial charge in [-0.1, -0.05) is 70.7 Å². The van der Waals surface area contributed by atoms with Gasteiger partial charge in [0, 0.05) is 88.1 Å². The van der Waals surface area contributed by atoms with Gasteiger partial charge in [0.2, 0.25) is 23.6 Å². The van der Waals surface area contributed by atoms with Crippen LogP contribution in [0.3, 0.4) is 0 Å². The van der Waals surface area contributed by atoms with E-state index in [0.29, 0.717) is 38.2 Å². The number of likely N-dealkylation sites (tertiary alicyclic amines) is 1. The molecule has 6 N–H and O–H groups in total. The summed E-state index contributed by atoms with van der Waals surface area (Å²) in [4.78, 5) is 67.4. The van der Waals surface area contributed by atoms with Gasteiger partial charge >= 0.3 is 0 Å². The van der Waals surface area contributed by atoms with Crippen molar-refractivity contribution in [2.24, 2.45) is 5.41 Å². The van der Waals surface area contributed by atoms with Crippen LogP contribution in [0.25, 0.3) is 21.7 Å². The number of nitrogens with one attached hydrogen (secondary N) is 2. The Balaban J connectivity index is 0.697. The molecule has 406 valence electrons. The van der Waals surface area contributed by atoms with E-state index >= 15 is 0 Å². The average molecular weight is 1060 g/mol. The molecule has 3 saturated heterocycles. The summed E-state index contributed by atoms with van der Waals surface area (Å²) in [5.74, 6) is -0.922. The average Bonchev–Trinajstić information content (AvgIpc) is 4.05. The lowest BCUT2D eigenvalue weighted by molar-refractivity contribution is -0.144. The number of aryl methyl sites for hydroxylation is 1. The van der Waals surface area contributed by atoms with Crippen molar-refractivity contribution in [2.45, 2.75) is 129 Å². The summed E-state index contributed by atoms with van der Waals surface area (Å²) in [6, 6.07) is 19.9. The molecular weight excluding hydrogens is 988 g/mol. The highest BCUT2D eigenvalue weighted by atomic mass is 32.1. The van der Waals surface area contributed by atoms with E-state index in [2.05, 4.69) is 59.9 Å². The molecule has 8 rings (SSSR count). The predicted molar refractivity (Wildman–Crippen MR) is 293 cm³/mol. The number of thiazole rings is 1. The Labute approximate surface area is 449 Å². The minimum atomic E-state index is -0.872. The second kappa shape index (κ2) is 25.3. The number of phenols is 1. The Morgan fingerprint density at radius 3 is 2.22 bits per heavy atom. The number of phenolic OH excluding ortho intramolecular Hbond substituents is 1. The van der Waals surface area contributed by atoms with Crippen LogP contribution in [-0.4, -0.2) is 129 Å². The third kappa shape index (κ3) is 14.3. The number of hydrogen-bond acceptors (Lipinski definition) is 14. The molecule has 0 saturated carbocycles. The fraction of sp³-hybridized carbons (Fsp3) is 0.491. The Bertz CT molecular complexity index is 2780. The van der Waals surface area contributed by atoms with Gasteiger partial charge in [0.05, 0.1) is 28.7 Å². The lowest BCUT2D eigenvalue weighted by Gasteiger charge is -2.37. The SMILES string of the molecule is Cc1ncsc1-c1ccc(CNC(=O)C2CC(O)CN2C(=O)C(NC(=O)CCCCCCCCC(=O)N2CCN(c3ccc(N4CCCC(Oc5cc(-c6cc(F)ccc6O)nnc5N)C4)cc3)CC2)C(C)(C)C)cc1. The second-order valence-electron chi connectivity index (χ2n) is 21.4. The largest absolute Gasteiger partial charge is 0.507 e. The van der Waals surface area contributed by atoms with Crippen molar-refractivity contribution >= 4 is 52.2 Å². The fourth-order valence-corrected chi connectivity index (χ4v) is 11.1. The molecule has 0 aliphatic carbocycles. The summed E-state index contributed by atoms with van der Waals surface area (Å²) in [5, 5.41) is 34.9. The number of aromatic nitrogens is 3. The van der Waals surface area contributed by atoms with Crippen LogP contribution < -0.4 is 30.9 Å². The van der Waals surface area contributed by atoms with Crippen LogP contribution in [0.2, 0.25) is 0 Å². The van der Waals surface area contributed by atoms with Crippen molar-refractivity contribution in [3.05, 3.63) is 95.4 Å². The molecule has 2 aromatic heterocycles. The number of amides is 4. The van der Waals surface area contributed by atoms with Gasteiger partial charge in [0.15, 0.2) is 11.6 Å². The van der Waals surface area contributed by atoms with Crippen molar-refractivity contribution < 1.29 is 38.5 Å². The second-order valence-corrected chi connectivity index (χ2v) is 22.3. The zero-order valence-corrected chi connectivity index (χ0v) is 45.0. The van der Waals surface area contributed by atoms with Crippen LogP contribution in [0.4, 0.5) is 21.6 Å². The topological polar surface area (TPSA) is 220 Å². The summed E-state index contributed by atoms with van der Waals surface area (Å²) in [7, 11) is 0. The van der Waals surface area contributed by atoms with E-state index in [1.54, 1.807) is 17.4 Å². The Hall–Kier alpha value is -6.86. The number of piperazine rings is 1. The molecule has 0 bridgehead atoms. The van der Waals surface area contributed by atoms with Crippen molar-refractivity contribution in [1.29, 1.82) is 0 Å². The van der Waals surface area contributed by atoms with Crippen molar-refractivity contribution in [2.75, 3.05) is 61.3 Å². The normalized spacial score (nSPS) is 18.4. The number of carbonyl (C=O) groups excluding carboxylic acids is 4. The molecule has 5 aromatic rings. The minimum Gasteiger partial charge on any atom is -0.507 e. The number of nitrogen functional groups attached to an aromatic ring is 1. The van der Waals surface area contributed by atoms with Crippen molar-refractivity contribution in [3.63, 3.8) is 0 Å². The predicted octanol–water partition coefficient (Wildman–Crippen LogP) is 7.63. The Morgan fingerprint density at radius 1 is 0.855 bits per heavy atom. The molecule has 3 aliphatic rings. The first kappa shape index (κ1) is 55.4. The van der Waals surface area contributed by atoms with Gasteiger partial charge in [0.25, 0.3) is 0 Å². The highest BCUT2D eigenvalue weighted by Gasteiger charge is 2.44. The molecule has 4 amide bonds. The molecule has 76 heavy (non-hydrogen) atoms. The highest BCUT2D eigenvalue weighted by Crippen LogP contribution is 2.34. The summed E-state index contributed by atoms with van der Waals surface area (Å²) >= 11 is 1.58. The number of nitrogens with zero attached hydrogens (tertiary/aromatic N) is 7. The number of benzene rings is 3. The minimum absolute atomic E-state index is 0.0189. The maximum atomic E-state index is 14.1. The van der Waals surface area contributed by atoms with Gasteiger partial charge in [-0.3, -0.25) is 19.2 Å². The summed E-state index contributed by atoms with van der Waals surface area (Å²) in [5.41, 5.74) is 12.9. The van der Waals surface area contributed by atoms with Gasteiger partial charge in [-0.15, -0.1) is 21.5 Å². The lowest BCUT2D eigenvalue weighted by Crippen LogP contribution is -2.57. The van der Waals surface area contributed by atoms with Crippen molar-refractivity contribution in [3.8, 4) is 33.2 Å². The first-order chi connectivity index (χ1) is 36.5. The summed E-state index contributed by atoms with van der Waals surface area (Å²) in [6.45, 7) is 12.3. The Kier molecular flexibility index (Phi) is 18.4. The number of aliphatic hydroxyl groups is 1. The van der Waals surface area contributed by atoms with E-state index < -0.39 is 29.4 Å². The van der Waals surface area contributed by atoms with Crippen LogP contribution in [0, 0.1) is 18.2 Å². The fourth-order valence-electron chi connectivity index (χ4n) is 10.3. The van der Waals surface area contributed by atoms with Crippen LogP contribution in [-0.2, 0) is 25.7 Å². The number of halogens is 1. The van der Waals surface area contributed by atoms with E-state index in [1.807, 2.05) is 62.4 Å². The number of carbonyl (C=O) groups is 4. The molecule has 4 unspecified atom stereocenters. The summed E-state index contributed by atoms with van der Waals surface area (Å²) in [6.07, 6.45) is 6.81. The number of aromatic hydroxyl groups is 1. The van der Waals surface area contributed by atoms with Gasteiger partial charge in [-0.2, -0.15) is 0 Å².